The number of carbonyl (C=O) groups excluding carboxylic acids is 3. The third-order valence-corrected chi connectivity index (χ3v) is 5.82. The average Bonchev–Trinajstić information content (AvgIpc) is 3.14. The number of benzene rings is 1. The number of nitrogens with one attached hydrogen (secondary N) is 1. The van der Waals surface area contributed by atoms with Gasteiger partial charge in [-0.3, -0.25) is 19.3 Å². The van der Waals surface area contributed by atoms with Gasteiger partial charge in [0.05, 0.1) is 24.2 Å². The highest BCUT2D eigenvalue weighted by molar-refractivity contribution is 7.88. The van der Waals surface area contributed by atoms with Crippen LogP contribution in [0.1, 0.15) is 55.1 Å². The first-order chi connectivity index (χ1) is 14.6. The van der Waals surface area contributed by atoms with Crippen LogP contribution in [0.3, 0.4) is 0 Å². The standard InChI is InChI=1S/C20H26N4O5S2/c1-3-4-5-10-17(25)15-8-6-7-9-16(15)24(19(27)11-18(21)26)20-23-14(13-30-20)12-22-31(2,28)29/h6-9,13,22H,3-5,10-12H2,1-2H3,(H2,21,26). The Bertz CT molecular complexity index is 1050. The Hall–Kier alpha value is -2.63. The van der Waals surface area contributed by atoms with Crippen molar-refractivity contribution in [3.05, 3.63) is 40.9 Å². The van der Waals surface area contributed by atoms with Gasteiger partial charge in [0, 0.05) is 17.4 Å². The number of nitrogens with zero attached hydrogens (tertiary/aromatic N) is 2. The quantitative estimate of drug-likeness (QED) is 0.280. The van der Waals surface area contributed by atoms with E-state index in [9.17, 15) is 22.8 Å². The van der Waals surface area contributed by atoms with E-state index in [1.807, 2.05) is 6.92 Å². The summed E-state index contributed by atoms with van der Waals surface area (Å²) in [5.41, 5.74) is 6.28. The van der Waals surface area contributed by atoms with Crippen molar-refractivity contribution in [1.29, 1.82) is 0 Å². The monoisotopic (exact) mass is 466 g/mol. The number of amides is 2. The largest absolute Gasteiger partial charge is 0.369 e. The second-order valence-corrected chi connectivity index (χ2v) is 9.65. The molecule has 0 atom stereocenters. The Morgan fingerprint density at radius 2 is 1.90 bits per heavy atom. The number of anilines is 2. The molecule has 0 saturated heterocycles. The summed E-state index contributed by atoms with van der Waals surface area (Å²) in [5.74, 6) is -1.55. The molecule has 3 N–H and O–H groups in total. The summed E-state index contributed by atoms with van der Waals surface area (Å²) in [6.07, 6.45) is 3.43. The predicted octanol–water partition coefficient (Wildman–Crippen LogP) is 2.50. The third-order valence-electron chi connectivity index (χ3n) is 4.27. The van der Waals surface area contributed by atoms with Crippen LogP contribution in [0, 0.1) is 0 Å². The van der Waals surface area contributed by atoms with Gasteiger partial charge < -0.3 is 5.73 Å². The molecule has 0 saturated carbocycles. The minimum absolute atomic E-state index is 0.0508. The Morgan fingerprint density at radius 3 is 2.55 bits per heavy atom. The second-order valence-electron chi connectivity index (χ2n) is 6.98. The summed E-state index contributed by atoms with van der Waals surface area (Å²) in [7, 11) is -3.42. The maximum atomic E-state index is 12.9. The van der Waals surface area contributed by atoms with E-state index in [1.165, 1.54) is 4.90 Å². The Kier molecular flexibility index (Phi) is 8.84. The fourth-order valence-electron chi connectivity index (χ4n) is 2.83. The molecule has 1 aromatic carbocycles. The van der Waals surface area contributed by atoms with Crippen molar-refractivity contribution in [3.63, 3.8) is 0 Å². The highest BCUT2D eigenvalue weighted by Crippen LogP contribution is 2.33. The molecule has 0 unspecified atom stereocenters. The summed E-state index contributed by atoms with van der Waals surface area (Å²) >= 11 is 1.10. The van der Waals surface area contributed by atoms with Crippen molar-refractivity contribution >= 4 is 49.8 Å². The Morgan fingerprint density at radius 1 is 1.19 bits per heavy atom. The summed E-state index contributed by atoms with van der Waals surface area (Å²) in [4.78, 5) is 42.6. The molecule has 9 nitrogen and oxygen atoms in total. The van der Waals surface area contributed by atoms with E-state index in [1.54, 1.807) is 29.6 Å². The van der Waals surface area contributed by atoms with Gasteiger partial charge in [-0.15, -0.1) is 11.3 Å². The highest BCUT2D eigenvalue weighted by atomic mass is 32.2. The van der Waals surface area contributed by atoms with Gasteiger partial charge in [-0.1, -0.05) is 31.9 Å². The molecule has 0 fully saturated rings. The number of hydrogen-bond acceptors (Lipinski definition) is 7. The maximum Gasteiger partial charge on any atom is 0.242 e. The van der Waals surface area contributed by atoms with Crippen molar-refractivity contribution < 1.29 is 22.8 Å². The molecule has 1 aromatic heterocycles. The zero-order valence-electron chi connectivity index (χ0n) is 17.5. The molecule has 168 valence electrons. The SMILES string of the molecule is CCCCCC(=O)c1ccccc1N(C(=O)CC(N)=O)c1nc(CNS(C)(=O)=O)cs1. The second kappa shape index (κ2) is 11.1. The van der Waals surface area contributed by atoms with E-state index in [0.29, 0.717) is 23.4 Å². The minimum Gasteiger partial charge on any atom is -0.369 e. The van der Waals surface area contributed by atoms with Gasteiger partial charge in [-0.05, 0) is 18.6 Å². The number of sulfonamides is 1. The van der Waals surface area contributed by atoms with Crippen LogP contribution < -0.4 is 15.4 Å². The summed E-state index contributed by atoms with van der Waals surface area (Å²) in [6, 6.07) is 6.63. The van der Waals surface area contributed by atoms with Gasteiger partial charge in [-0.25, -0.2) is 18.1 Å². The number of hydrogen-bond donors (Lipinski definition) is 2. The Balaban J connectivity index is 2.42. The van der Waals surface area contributed by atoms with Gasteiger partial charge >= 0.3 is 0 Å². The van der Waals surface area contributed by atoms with Gasteiger partial charge in [0.25, 0.3) is 0 Å². The van der Waals surface area contributed by atoms with Gasteiger partial charge in [0.1, 0.15) is 6.42 Å². The average molecular weight is 467 g/mol. The molecule has 1 heterocycles. The lowest BCUT2D eigenvalue weighted by molar-refractivity contribution is -0.125. The van der Waals surface area contributed by atoms with Crippen molar-refractivity contribution in [2.45, 2.75) is 45.6 Å². The number of carbonyl (C=O) groups is 3. The molecule has 0 bridgehead atoms. The summed E-state index contributed by atoms with van der Waals surface area (Å²) in [5, 5.41) is 1.81. The van der Waals surface area contributed by atoms with E-state index < -0.39 is 28.3 Å². The molecule has 2 rings (SSSR count). The molecule has 0 aliphatic heterocycles. The molecule has 11 heteroatoms. The fraction of sp³-hybridized carbons (Fsp3) is 0.400. The van der Waals surface area contributed by atoms with Gasteiger partial charge in [0.15, 0.2) is 10.9 Å². The summed E-state index contributed by atoms with van der Waals surface area (Å²) < 4.78 is 25.0. The maximum absolute atomic E-state index is 12.9. The highest BCUT2D eigenvalue weighted by Gasteiger charge is 2.26. The van der Waals surface area contributed by atoms with Crippen LogP contribution in [-0.4, -0.2) is 37.3 Å². The van der Waals surface area contributed by atoms with E-state index >= 15 is 0 Å². The normalized spacial score (nSPS) is 11.3. The molecule has 31 heavy (non-hydrogen) atoms. The molecular weight excluding hydrogens is 440 g/mol. The predicted molar refractivity (Wildman–Crippen MR) is 120 cm³/mol. The number of ketones is 1. The van der Waals surface area contributed by atoms with Crippen LogP contribution in [0.15, 0.2) is 29.6 Å². The van der Waals surface area contributed by atoms with Crippen molar-refractivity contribution in [3.8, 4) is 0 Å². The van der Waals surface area contributed by atoms with Crippen molar-refractivity contribution in [2.75, 3.05) is 11.2 Å². The van der Waals surface area contributed by atoms with E-state index in [4.69, 9.17) is 5.73 Å². The topological polar surface area (TPSA) is 140 Å². The zero-order chi connectivity index (χ0) is 23.0. The van der Waals surface area contributed by atoms with Crippen LogP contribution in [0.25, 0.3) is 0 Å². The lowest BCUT2D eigenvalue weighted by Gasteiger charge is -2.22. The van der Waals surface area contributed by atoms with Crippen LogP contribution in [0.4, 0.5) is 10.8 Å². The lowest BCUT2D eigenvalue weighted by atomic mass is 10.0. The summed E-state index contributed by atoms with van der Waals surface area (Å²) in [6.45, 7) is 1.99. The number of para-hydroxylation sites is 1. The first-order valence-corrected chi connectivity index (χ1v) is 12.5. The van der Waals surface area contributed by atoms with Gasteiger partial charge in [-0.2, -0.15) is 0 Å². The van der Waals surface area contributed by atoms with Gasteiger partial charge in [0.2, 0.25) is 21.8 Å². The molecular formula is C20H26N4O5S2. The number of nitrogens with two attached hydrogens (primary N) is 1. The van der Waals surface area contributed by atoms with E-state index in [2.05, 4.69) is 9.71 Å². The molecule has 0 radical (unpaired) electrons. The van der Waals surface area contributed by atoms with Crippen LogP contribution in [0.2, 0.25) is 0 Å². The molecule has 2 aromatic rings. The third kappa shape index (κ3) is 7.53. The number of unbranched alkanes of at least 4 members (excludes halogenated alkanes) is 2. The zero-order valence-corrected chi connectivity index (χ0v) is 19.1. The number of aromatic nitrogens is 1. The van der Waals surface area contributed by atoms with Crippen LogP contribution in [0.5, 0.6) is 0 Å². The fourth-order valence-corrected chi connectivity index (χ4v) is 4.10. The van der Waals surface area contributed by atoms with Crippen molar-refractivity contribution in [1.82, 2.24) is 9.71 Å². The number of primary amides is 1. The van der Waals surface area contributed by atoms with E-state index in [0.717, 1.165) is 36.9 Å². The Labute approximate surface area is 185 Å². The molecule has 0 spiro atoms. The molecule has 2 amide bonds. The number of thiazole rings is 1. The van der Waals surface area contributed by atoms with E-state index in [-0.39, 0.29) is 17.5 Å². The van der Waals surface area contributed by atoms with Crippen LogP contribution in [-0.2, 0) is 26.2 Å². The molecule has 0 aliphatic carbocycles. The van der Waals surface area contributed by atoms with Crippen LogP contribution >= 0.6 is 11.3 Å². The molecule has 0 aliphatic rings. The van der Waals surface area contributed by atoms with Crippen molar-refractivity contribution in [2.24, 2.45) is 5.73 Å². The lowest BCUT2D eigenvalue weighted by Crippen LogP contribution is -2.31. The minimum atomic E-state index is -3.42. The number of Topliss-reactive ketones (excluding diaryl/α,β-unsaturated/α-hetero) is 1. The first kappa shape index (κ1) is 24.6. The first-order valence-electron chi connectivity index (χ1n) is 9.75. The number of rotatable bonds is 12. The smallest absolute Gasteiger partial charge is 0.242 e.